The highest BCUT2D eigenvalue weighted by molar-refractivity contribution is 6.09. The Morgan fingerprint density at radius 2 is 1.95 bits per heavy atom. The molecule has 1 heterocycles. The van der Waals surface area contributed by atoms with Crippen LogP contribution in [0.25, 0.3) is 0 Å². The molecule has 0 atom stereocenters. The number of hydrogen-bond donors (Lipinski definition) is 2. The smallest absolute Gasteiger partial charge is 0.325 e. The first kappa shape index (κ1) is 14.5. The maximum Gasteiger partial charge on any atom is 0.325 e. The zero-order chi connectivity index (χ0) is 15.6. The Morgan fingerprint density at radius 3 is 2.43 bits per heavy atom. The number of hydrogen-bond acceptors (Lipinski definition) is 4. The first-order valence-corrected chi connectivity index (χ1v) is 6.27. The van der Waals surface area contributed by atoms with Crippen LogP contribution in [0.4, 0.5) is 10.5 Å². The van der Waals surface area contributed by atoms with Crippen molar-refractivity contribution in [3.05, 3.63) is 29.8 Å². The first-order valence-electron chi connectivity index (χ1n) is 6.27. The summed E-state index contributed by atoms with van der Waals surface area (Å²) >= 11 is 0. The second-order valence-corrected chi connectivity index (χ2v) is 5.18. The van der Waals surface area contributed by atoms with Gasteiger partial charge >= 0.3 is 6.03 Å². The zero-order valence-electron chi connectivity index (χ0n) is 11.6. The molecule has 0 bridgehead atoms. The fourth-order valence-electron chi connectivity index (χ4n) is 1.93. The number of nitrogens with zero attached hydrogens (tertiary/aromatic N) is 2. The van der Waals surface area contributed by atoms with Crippen molar-refractivity contribution >= 4 is 23.5 Å². The van der Waals surface area contributed by atoms with Crippen molar-refractivity contribution in [1.82, 2.24) is 10.2 Å². The summed E-state index contributed by atoms with van der Waals surface area (Å²) in [4.78, 5) is 36.3. The van der Waals surface area contributed by atoms with Gasteiger partial charge in [0.05, 0.1) is 11.6 Å². The van der Waals surface area contributed by atoms with Crippen LogP contribution in [0.15, 0.2) is 24.3 Å². The highest BCUT2D eigenvalue weighted by atomic mass is 16.2. The van der Waals surface area contributed by atoms with Crippen LogP contribution in [0.3, 0.4) is 0 Å². The molecule has 0 aromatic heterocycles. The number of nitrogens with one attached hydrogen (secondary N) is 2. The summed E-state index contributed by atoms with van der Waals surface area (Å²) < 4.78 is 0. The van der Waals surface area contributed by atoms with Crippen LogP contribution in [-0.4, -0.2) is 34.8 Å². The van der Waals surface area contributed by atoms with Crippen molar-refractivity contribution in [2.45, 2.75) is 19.4 Å². The SMILES string of the molecule is CC1(C)NC(=O)N(CC(=O)Nc2ccc(C#N)cc2)C1=O. The van der Waals surface area contributed by atoms with Crippen LogP contribution in [0, 0.1) is 11.3 Å². The highest BCUT2D eigenvalue weighted by Crippen LogP contribution is 2.16. The van der Waals surface area contributed by atoms with Crippen molar-refractivity contribution in [3.8, 4) is 6.07 Å². The number of imide groups is 1. The van der Waals surface area contributed by atoms with Crippen LogP contribution in [0.2, 0.25) is 0 Å². The Bertz CT molecular complexity index is 643. The number of benzene rings is 1. The summed E-state index contributed by atoms with van der Waals surface area (Å²) in [6, 6.07) is 7.66. The third-order valence-corrected chi connectivity index (χ3v) is 3.04. The van der Waals surface area contributed by atoms with E-state index in [2.05, 4.69) is 10.6 Å². The highest BCUT2D eigenvalue weighted by Gasteiger charge is 2.44. The standard InChI is InChI=1S/C14H14N4O3/c1-14(2)12(20)18(13(21)17-14)8-11(19)16-10-5-3-9(7-15)4-6-10/h3-6H,8H2,1-2H3,(H,16,19)(H,17,21). The van der Waals surface area contributed by atoms with Gasteiger partial charge in [-0.25, -0.2) is 4.79 Å². The molecule has 0 radical (unpaired) electrons. The summed E-state index contributed by atoms with van der Waals surface area (Å²) in [7, 11) is 0. The van der Waals surface area contributed by atoms with Gasteiger partial charge in [0.25, 0.3) is 5.91 Å². The lowest BCUT2D eigenvalue weighted by Gasteiger charge is -2.15. The number of urea groups is 1. The minimum Gasteiger partial charge on any atom is -0.325 e. The summed E-state index contributed by atoms with van der Waals surface area (Å²) in [6.45, 7) is 2.80. The second kappa shape index (κ2) is 5.25. The van der Waals surface area contributed by atoms with Crippen molar-refractivity contribution in [2.75, 3.05) is 11.9 Å². The van der Waals surface area contributed by atoms with E-state index in [4.69, 9.17) is 5.26 Å². The Balaban J connectivity index is 2.00. The molecule has 1 aliphatic rings. The van der Waals surface area contributed by atoms with E-state index in [9.17, 15) is 14.4 Å². The molecule has 7 nitrogen and oxygen atoms in total. The Hall–Kier alpha value is -2.88. The maximum atomic E-state index is 11.9. The number of anilines is 1. The number of rotatable bonds is 3. The Labute approximate surface area is 121 Å². The van der Waals surface area contributed by atoms with Crippen LogP contribution >= 0.6 is 0 Å². The summed E-state index contributed by atoms with van der Waals surface area (Å²) in [6.07, 6.45) is 0. The van der Waals surface area contributed by atoms with Gasteiger partial charge in [0.1, 0.15) is 12.1 Å². The minimum atomic E-state index is -0.994. The average molecular weight is 286 g/mol. The number of carbonyl (C=O) groups excluding carboxylic acids is 3. The van der Waals surface area contributed by atoms with Crippen molar-refractivity contribution in [1.29, 1.82) is 5.26 Å². The van der Waals surface area contributed by atoms with Crippen molar-refractivity contribution in [3.63, 3.8) is 0 Å². The molecule has 7 heteroatoms. The van der Waals surface area contributed by atoms with E-state index in [-0.39, 0.29) is 6.54 Å². The third-order valence-electron chi connectivity index (χ3n) is 3.04. The second-order valence-electron chi connectivity index (χ2n) is 5.18. The van der Waals surface area contributed by atoms with E-state index in [0.717, 1.165) is 4.90 Å². The molecule has 21 heavy (non-hydrogen) atoms. The number of amides is 4. The van der Waals surface area contributed by atoms with E-state index < -0.39 is 23.4 Å². The predicted molar refractivity (Wildman–Crippen MR) is 74.1 cm³/mol. The van der Waals surface area contributed by atoms with Gasteiger partial charge < -0.3 is 10.6 Å². The molecule has 1 fully saturated rings. The molecular formula is C14H14N4O3. The minimum absolute atomic E-state index is 0.353. The monoisotopic (exact) mass is 286 g/mol. The van der Waals surface area contributed by atoms with E-state index in [1.807, 2.05) is 6.07 Å². The van der Waals surface area contributed by atoms with Crippen LogP contribution < -0.4 is 10.6 Å². The molecule has 2 rings (SSSR count). The summed E-state index contributed by atoms with van der Waals surface area (Å²) in [5, 5.41) is 13.7. The fourth-order valence-corrected chi connectivity index (χ4v) is 1.93. The van der Waals surface area contributed by atoms with Gasteiger partial charge in [0.2, 0.25) is 5.91 Å². The maximum absolute atomic E-state index is 11.9. The fraction of sp³-hybridized carbons (Fsp3) is 0.286. The largest absolute Gasteiger partial charge is 0.325 e. The molecule has 1 aliphatic heterocycles. The summed E-state index contributed by atoms with van der Waals surface area (Å²) in [5.74, 6) is -0.927. The van der Waals surface area contributed by atoms with Gasteiger partial charge in [-0.3, -0.25) is 14.5 Å². The van der Waals surface area contributed by atoms with E-state index in [1.165, 1.54) is 0 Å². The topological polar surface area (TPSA) is 102 Å². The van der Waals surface area contributed by atoms with Gasteiger partial charge in [-0.15, -0.1) is 0 Å². The normalized spacial score (nSPS) is 16.3. The predicted octanol–water partition coefficient (Wildman–Crippen LogP) is 0.827. The van der Waals surface area contributed by atoms with Crippen LogP contribution in [0.5, 0.6) is 0 Å². The molecule has 108 valence electrons. The van der Waals surface area contributed by atoms with E-state index >= 15 is 0 Å². The Kier molecular flexibility index (Phi) is 3.63. The molecule has 1 saturated heterocycles. The number of carbonyl (C=O) groups is 3. The molecular weight excluding hydrogens is 272 g/mol. The van der Waals surface area contributed by atoms with E-state index in [0.29, 0.717) is 11.3 Å². The lowest BCUT2D eigenvalue weighted by Crippen LogP contribution is -2.41. The van der Waals surface area contributed by atoms with Gasteiger partial charge in [0, 0.05) is 5.69 Å². The lowest BCUT2D eigenvalue weighted by molar-refractivity contribution is -0.132. The molecule has 1 aromatic carbocycles. The summed E-state index contributed by atoms with van der Waals surface area (Å²) in [5.41, 5.74) is -0.0274. The molecule has 0 unspecified atom stereocenters. The van der Waals surface area contributed by atoms with E-state index in [1.54, 1.807) is 38.1 Å². The number of nitriles is 1. The van der Waals surface area contributed by atoms with Gasteiger partial charge in [-0.05, 0) is 38.1 Å². The molecule has 0 aliphatic carbocycles. The van der Waals surface area contributed by atoms with Gasteiger partial charge in [0.15, 0.2) is 0 Å². The molecule has 1 aromatic rings. The Morgan fingerprint density at radius 1 is 1.33 bits per heavy atom. The van der Waals surface area contributed by atoms with Gasteiger partial charge in [-0.2, -0.15) is 5.26 Å². The molecule has 0 spiro atoms. The molecule has 0 saturated carbocycles. The quantitative estimate of drug-likeness (QED) is 0.803. The van der Waals surface area contributed by atoms with Crippen molar-refractivity contribution < 1.29 is 14.4 Å². The van der Waals surface area contributed by atoms with Crippen LogP contribution in [-0.2, 0) is 9.59 Å². The van der Waals surface area contributed by atoms with Gasteiger partial charge in [-0.1, -0.05) is 0 Å². The third kappa shape index (κ3) is 3.00. The average Bonchev–Trinajstić information content (AvgIpc) is 2.62. The molecule has 4 amide bonds. The van der Waals surface area contributed by atoms with Crippen LogP contribution in [0.1, 0.15) is 19.4 Å². The molecule has 2 N–H and O–H groups in total. The zero-order valence-corrected chi connectivity index (χ0v) is 11.6. The first-order chi connectivity index (χ1) is 9.83. The lowest BCUT2D eigenvalue weighted by atomic mass is 10.1. The van der Waals surface area contributed by atoms with Crippen molar-refractivity contribution in [2.24, 2.45) is 0 Å².